The van der Waals surface area contributed by atoms with Gasteiger partial charge in [-0.2, -0.15) is 0 Å². The fourth-order valence-corrected chi connectivity index (χ4v) is 4.00. The summed E-state index contributed by atoms with van der Waals surface area (Å²) in [6, 6.07) is 4.54. The zero-order valence-corrected chi connectivity index (χ0v) is 14.3. The van der Waals surface area contributed by atoms with Crippen molar-refractivity contribution in [2.75, 3.05) is 39.3 Å². The second kappa shape index (κ2) is 6.72. The minimum Gasteiger partial charge on any atom is -0.394 e. The summed E-state index contributed by atoms with van der Waals surface area (Å²) in [4.78, 5) is 3.86. The Hall–Kier alpha value is -0.600. The number of aliphatic hydroxyl groups excluding tert-OH is 2. The molecule has 4 nitrogen and oxygen atoms in total. The van der Waals surface area contributed by atoms with Crippen LogP contribution in [0.1, 0.15) is 17.2 Å². The summed E-state index contributed by atoms with van der Waals surface area (Å²) in [5.74, 6) is -2.75. The van der Waals surface area contributed by atoms with Gasteiger partial charge in [0.05, 0.1) is 18.8 Å². The topological polar surface area (TPSA) is 46.9 Å². The number of β-amino-alcohol motifs (C(OH)–C–C–N with tert-alkyl or cyclic N) is 1. The van der Waals surface area contributed by atoms with Crippen molar-refractivity contribution in [2.24, 2.45) is 0 Å². The Balaban J connectivity index is 1.71. The van der Waals surface area contributed by atoms with E-state index in [4.69, 9.17) is 5.11 Å². The molecule has 2 N–H and O–H groups in total. The van der Waals surface area contributed by atoms with Crippen LogP contribution in [0, 0.1) is 0 Å². The van der Waals surface area contributed by atoms with E-state index in [9.17, 15) is 13.9 Å². The predicted octanol–water partition coefficient (Wildman–Crippen LogP) is 1.65. The quantitative estimate of drug-likeness (QED) is 0.820. The Morgan fingerprint density at radius 3 is 2.61 bits per heavy atom. The van der Waals surface area contributed by atoms with Gasteiger partial charge in [-0.25, -0.2) is 8.78 Å². The molecule has 0 spiro atoms. The zero-order chi connectivity index (χ0) is 16.6. The molecule has 1 aliphatic carbocycles. The normalized spacial score (nSPS) is 26.2. The van der Waals surface area contributed by atoms with Crippen LogP contribution in [0.25, 0.3) is 0 Å². The first-order chi connectivity index (χ1) is 10.9. The molecule has 1 heterocycles. The number of nitrogens with zero attached hydrogens (tertiary/aromatic N) is 2. The number of piperazine rings is 1. The molecule has 7 heteroatoms. The Kier molecular flexibility index (Phi) is 5.04. The summed E-state index contributed by atoms with van der Waals surface area (Å²) in [6.45, 7) is 2.42. The summed E-state index contributed by atoms with van der Waals surface area (Å²) in [5, 5.41) is 18.4. The molecule has 0 aromatic heterocycles. The fourth-order valence-electron chi connectivity index (χ4n) is 3.60. The van der Waals surface area contributed by atoms with E-state index >= 15 is 0 Å². The molecule has 0 radical (unpaired) electrons. The van der Waals surface area contributed by atoms with Gasteiger partial charge in [-0.15, -0.1) is 0 Å². The minimum atomic E-state index is -2.75. The summed E-state index contributed by atoms with van der Waals surface area (Å²) >= 11 is 3.35. The average Bonchev–Trinajstić information content (AvgIpc) is 2.77. The van der Waals surface area contributed by atoms with E-state index in [0.717, 1.165) is 10.0 Å². The molecule has 2 atom stereocenters. The molecule has 1 aromatic carbocycles. The monoisotopic (exact) mass is 390 g/mol. The number of alkyl halides is 2. The van der Waals surface area contributed by atoms with Crippen molar-refractivity contribution < 1.29 is 19.0 Å². The van der Waals surface area contributed by atoms with Crippen molar-refractivity contribution in [3.63, 3.8) is 0 Å². The molecule has 0 saturated carbocycles. The van der Waals surface area contributed by atoms with Crippen LogP contribution < -0.4 is 0 Å². The van der Waals surface area contributed by atoms with Gasteiger partial charge < -0.3 is 10.2 Å². The predicted molar refractivity (Wildman–Crippen MR) is 86.6 cm³/mol. The molecule has 23 heavy (non-hydrogen) atoms. The maximum Gasteiger partial charge on any atom is 0.271 e. The van der Waals surface area contributed by atoms with E-state index in [0.29, 0.717) is 38.3 Å². The van der Waals surface area contributed by atoms with Crippen LogP contribution in [0.4, 0.5) is 8.78 Å². The van der Waals surface area contributed by atoms with Crippen molar-refractivity contribution >= 4 is 15.9 Å². The van der Waals surface area contributed by atoms with E-state index in [1.54, 1.807) is 12.1 Å². The summed E-state index contributed by atoms with van der Waals surface area (Å²) in [6.07, 6.45) is -0.983. The number of rotatable bonds is 4. The van der Waals surface area contributed by atoms with Gasteiger partial charge in [-0.05, 0) is 23.3 Å². The molecule has 1 fully saturated rings. The third-order valence-corrected chi connectivity index (χ3v) is 5.17. The van der Waals surface area contributed by atoms with E-state index < -0.39 is 18.1 Å². The Morgan fingerprint density at radius 2 is 1.96 bits per heavy atom. The molecule has 0 bridgehead atoms. The first-order valence-electron chi connectivity index (χ1n) is 7.82. The van der Waals surface area contributed by atoms with Gasteiger partial charge in [-0.3, -0.25) is 9.80 Å². The number of aliphatic hydroxyl groups is 2. The Bertz CT molecular complexity index is 565. The maximum atomic E-state index is 14.5. The van der Waals surface area contributed by atoms with Crippen LogP contribution in [0.2, 0.25) is 0 Å². The van der Waals surface area contributed by atoms with Crippen LogP contribution in [0.5, 0.6) is 0 Å². The maximum absolute atomic E-state index is 14.5. The summed E-state index contributed by atoms with van der Waals surface area (Å²) in [7, 11) is 0. The van der Waals surface area contributed by atoms with Crippen molar-refractivity contribution in [3.8, 4) is 0 Å². The summed E-state index contributed by atoms with van der Waals surface area (Å²) < 4.78 is 29.9. The van der Waals surface area contributed by atoms with E-state index in [1.807, 2.05) is 15.9 Å². The van der Waals surface area contributed by atoms with E-state index in [2.05, 4.69) is 15.9 Å². The Labute approximate surface area is 142 Å². The highest BCUT2D eigenvalue weighted by atomic mass is 79.9. The molecule has 0 amide bonds. The standard InChI is InChI=1S/C16H21BrF2N2O2/c17-12-1-2-14-11(7-12)8-16(18,19)15(14)21-5-3-20(4-6-21)9-13(23)10-22/h1-2,7,13,15,22-23H,3-6,8-10H2. The first-order valence-corrected chi connectivity index (χ1v) is 8.61. The highest BCUT2D eigenvalue weighted by molar-refractivity contribution is 9.10. The SMILES string of the molecule is OCC(O)CN1CCN(C2c3ccc(Br)cc3CC2(F)F)CC1. The third kappa shape index (κ3) is 3.58. The van der Waals surface area contributed by atoms with Crippen LogP contribution in [-0.2, 0) is 6.42 Å². The third-order valence-electron chi connectivity index (χ3n) is 4.68. The van der Waals surface area contributed by atoms with E-state index in [-0.39, 0.29) is 13.0 Å². The van der Waals surface area contributed by atoms with Gasteiger partial charge in [0.2, 0.25) is 0 Å². The number of benzene rings is 1. The fraction of sp³-hybridized carbons (Fsp3) is 0.625. The largest absolute Gasteiger partial charge is 0.394 e. The lowest BCUT2D eigenvalue weighted by Gasteiger charge is -2.40. The van der Waals surface area contributed by atoms with Crippen molar-refractivity contribution in [3.05, 3.63) is 33.8 Å². The number of halogens is 3. The average molecular weight is 391 g/mol. The second-order valence-electron chi connectivity index (χ2n) is 6.36. The van der Waals surface area contributed by atoms with Crippen LogP contribution in [-0.4, -0.2) is 71.4 Å². The molecule has 1 aliphatic heterocycles. The highest BCUT2D eigenvalue weighted by Gasteiger charge is 2.50. The molecule has 128 valence electrons. The van der Waals surface area contributed by atoms with Crippen molar-refractivity contribution in [2.45, 2.75) is 24.5 Å². The van der Waals surface area contributed by atoms with Gasteiger partial charge in [0.15, 0.2) is 0 Å². The van der Waals surface area contributed by atoms with Gasteiger partial charge in [0.25, 0.3) is 5.92 Å². The van der Waals surface area contributed by atoms with Gasteiger partial charge >= 0.3 is 0 Å². The molecule has 2 aliphatic rings. The molecule has 3 rings (SSSR count). The lowest BCUT2D eigenvalue weighted by Crippen LogP contribution is -2.52. The van der Waals surface area contributed by atoms with Crippen LogP contribution in [0.15, 0.2) is 22.7 Å². The van der Waals surface area contributed by atoms with Gasteiger partial charge in [0, 0.05) is 43.6 Å². The molecule has 1 aromatic rings. The molecular formula is C16H21BrF2N2O2. The molecule has 2 unspecified atom stereocenters. The van der Waals surface area contributed by atoms with Crippen molar-refractivity contribution in [1.82, 2.24) is 9.80 Å². The highest BCUT2D eigenvalue weighted by Crippen LogP contribution is 2.47. The van der Waals surface area contributed by atoms with Gasteiger partial charge in [0.1, 0.15) is 0 Å². The van der Waals surface area contributed by atoms with Crippen LogP contribution >= 0.6 is 15.9 Å². The number of hydrogen-bond donors (Lipinski definition) is 2. The van der Waals surface area contributed by atoms with Gasteiger partial charge in [-0.1, -0.05) is 22.0 Å². The molecular weight excluding hydrogens is 370 g/mol. The van der Waals surface area contributed by atoms with E-state index in [1.165, 1.54) is 0 Å². The smallest absolute Gasteiger partial charge is 0.271 e. The number of hydrogen-bond acceptors (Lipinski definition) is 4. The summed E-state index contributed by atoms with van der Waals surface area (Å²) in [5.41, 5.74) is 1.44. The molecule has 1 saturated heterocycles. The zero-order valence-electron chi connectivity index (χ0n) is 12.8. The minimum absolute atomic E-state index is 0.212. The number of fused-ring (bicyclic) bond motifs is 1. The lowest BCUT2D eigenvalue weighted by molar-refractivity contribution is -0.0838. The second-order valence-corrected chi connectivity index (χ2v) is 7.27. The lowest BCUT2D eigenvalue weighted by atomic mass is 10.0. The first kappa shape index (κ1) is 17.2. The Morgan fingerprint density at radius 1 is 1.26 bits per heavy atom. The van der Waals surface area contributed by atoms with Crippen LogP contribution in [0.3, 0.4) is 0 Å². The van der Waals surface area contributed by atoms with Crippen molar-refractivity contribution in [1.29, 1.82) is 0 Å².